The second kappa shape index (κ2) is 4.79. The number of H-pyrrole nitrogens is 1. The van der Waals surface area contributed by atoms with Crippen LogP contribution in [0.15, 0.2) is 18.3 Å². The number of anilines is 1. The Kier molecular flexibility index (Phi) is 3.04. The van der Waals surface area contributed by atoms with Crippen LogP contribution in [0.5, 0.6) is 0 Å². The maximum absolute atomic E-state index is 12.8. The molecule has 0 spiro atoms. The van der Waals surface area contributed by atoms with Crippen molar-refractivity contribution in [3.8, 4) is 0 Å². The van der Waals surface area contributed by atoms with Crippen molar-refractivity contribution in [2.75, 3.05) is 5.32 Å². The first-order chi connectivity index (χ1) is 10.4. The minimum Gasteiger partial charge on any atom is -0.295 e. The summed E-state index contributed by atoms with van der Waals surface area (Å²) in [7, 11) is 0. The Balaban J connectivity index is 2.08. The second-order valence-corrected chi connectivity index (χ2v) is 4.38. The molecule has 0 aliphatic rings. The maximum atomic E-state index is 12.8. The van der Waals surface area contributed by atoms with Crippen LogP contribution >= 0.6 is 0 Å². The van der Waals surface area contributed by atoms with E-state index >= 15 is 0 Å². The molecule has 3 heterocycles. The van der Waals surface area contributed by atoms with Gasteiger partial charge in [0, 0.05) is 6.20 Å². The fraction of sp³-hybridized carbons (Fsp3) is 0.182. The zero-order valence-electron chi connectivity index (χ0n) is 11.0. The van der Waals surface area contributed by atoms with Crippen molar-refractivity contribution < 1.29 is 18.0 Å². The number of carbonyl (C=O) groups is 1. The van der Waals surface area contributed by atoms with E-state index in [1.165, 1.54) is 13.0 Å². The number of nitrogens with zero attached hydrogens (tertiary/aromatic N) is 5. The minimum absolute atomic E-state index is 0.0362. The molecular weight excluding hydrogens is 303 g/mol. The van der Waals surface area contributed by atoms with Crippen LogP contribution in [0, 0.1) is 6.92 Å². The highest BCUT2D eigenvalue weighted by atomic mass is 19.4. The fourth-order valence-electron chi connectivity index (χ4n) is 1.98. The molecular formula is C11H8F3N7O. The monoisotopic (exact) mass is 311 g/mol. The molecule has 0 fully saturated rings. The zero-order chi connectivity index (χ0) is 15.9. The molecule has 22 heavy (non-hydrogen) atoms. The number of aromatic amines is 1. The van der Waals surface area contributed by atoms with Gasteiger partial charge in [-0.3, -0.25) is 14.5 Å². The quantitative estimate of drug-likeness (QED) is 0.745. The minimum atomic E-state index is -4.52. The molecule has 3 rings (SSSR count). The van der Waals surface area contributed by atoms with Crippen molar-refractivity contribution in [2.45, 2.75) is 13.1 Å². The van der Waals surface area contributed by atoms with Crippen LogP contribution < -0.4 is 5.32 Å². The molecule has 0 bridgehead atoms. The Labute approximate surface area is 120 Å². The van der Waals surface area contributed by atoms with Crippen molar-refractivity contribution >= 4 is 17.5 Å². The van der Waals surface area contributed by atoms with Gasteiger partial charge < -0.3 is 0 Å². The number of hydrogen-bond donors (Lipinski definition) is 2. The summed E-state index contributed by atoms with van der Waals surface area (Å²) in [6.45, 7) is 1.52. The van der Waals surface area contributed by atoms with Crippen LogP contribution in [-0.4, -0.2) is 35.9 Å². The van der Waals surface area contributed by atoms with Gasteiger partial charge >= 0.3 is 6.18 Å². The number of imidazole rings is 1. The van der Waals surface area contributed by atoms with Crippen LogP contribution in [0.3, 0.4) is 0 Å². The van der Waals surface area contributed by atoms with Crippen molar-refractivity contribution in [1.29, 1.82) is 0 Å². The van der Waals surface area contributed by atoms with E-state index in [-0.39, 0.29) is 23.0 Å². The van der Waals surface area contributed by atoms with E-state index < -0.39 is 17.6 Å². The van der Waals surface area contributed by atoms with Gasteiger partial charge in [0.25, 0.3) is 11.9 Å². The third-order valence-electron chi connectivity index (χ3n) is 2.91. The first-order valence-corrected chi connectivity index (χ1v) is 5.97. The third-order valence-corrected chi connectivity index (χ3v) is 2.91. The van der Waals surface area contributed by atoms with Crippen molar-refractivity contribution in [3.05, 3.63) is 35.3 Å². The Hall–Kier alpha value is -2.98. The van der Waals surface area contributed by atoms with Crippen LogP contribution in [0.25, 0.3) is 5.65 Å². The number of fused-ring (bicyclic) bond motifs is 1. The Bertz CT molecular complexity index is 837. The normalized spacial score (nSPS) is 11.8. The van der Waals surface area contributed by atoms with Gasteiger partial charge in [-0.05, 0) is 24.3 Å². The molecule has 0 atom stereocenters. The molecule has 1 amide bonds. The standard InChI is InChI=1S/C11H8F3N7O/c1-5-8(9(22)16-10-17-19-20-18-10)21-4-6(11(12,13)14)2-3-7(21)15-5/h2-4H,1H3,(H2,16,17,18,19,20,22). The first-order valence-electron chi connectivity index (χ1n) is 5.97. The van der Waals surface area contributed by atoms with Crippen LogP contribution in [-0.2, 0) is 6.18 Å². The topological polar surface area (TPSA) is 101 Å². The highest BCUT2D eigenvalue weighted by molar-refractivity contribution is 6.03. The van der Waals surface area contributed by atoms with Gasteiger partial charge in [0.15, 0.2) is 0 Å². The highest BCUT2D eigenvalue weighted by Crippen LogP contribution is 2.29. The van der Waals surface area contributed by atoms with Crippen LogP contribution in [0.1, 0.15) is 21.7 Å². The Morgan fingerprint density at radius 2 is 2.14 bits per heavy atom. The number of pyridine rings is 1. The number of nitrogens with one attached hydrogen (secondary N) is 2. The molecule has 0 aliphatic heterocycles. The summed E-state index contributed by atoms with van der Waals surface area (Å²) in [6.07, 6.45) is -3.70. The molecule has 3 aromatic heterocycles. The Morgan fingerprint density at radius 3 is 2.77 bits per heavy atom. The van der Waals surface area contributed by atoms with Crippen LogP contribution in [0.4, 0.5) is 19.1 Å². The number of tetrazole rings is 1. The smallest absolute Gasteiger partial charge is 0.295 e. The van der Waals surface area contributed by atoms with Gasteiger partial charge in [0.2, 0.25) is 0 Å². The lowest BCUT2D eigenvalue weighted by Gasteiger charge is -2.08. The average molecular weight is 311 g/mol. The average Bonchev–Trinajstić information content (AvgIpc) is 3.02. The van der Waals surface area contributed by atoms with Gasteiger partial charge in [0.05, 0.1) is 11.3 Å². The summed E-state index contributed by atoms with van der Waals surface area (Å²) in [5.74, 6) is -0.781. The van der Waals surface area contributed by atoms with Gasteiger partial charge in [0.1, 0.15) is 11.3 Å². The van der Waals surface area contributed by atoms with Crippen LogP contribution in [0.2, 0.25) is 0 Å². The molecule has 3 aromatic rings. The molecule has 114 valence electrons. The molecule has 11 heteroatoms. The molecule has 8 nitrogen and oxygen atoms in total. The molecule has 2 N–H and O–H groups in total. The van der Waals surface area contributed by atoms with E-state index in [1.54, 1.807) is 0 Å². The molecule has 0 saturated carbocycles. The number of alkyl halides is 3. The lowest BCUT2D eigenvalue weighted by atomic mass is 10.2. The zero-order valence-corrected chi connectivity index (χ0v) is 11.0. The van der Waals surface area contributed by atoms with Crippen molar-refractivity contribution in [3.63, 3.8) is 0 Å². The molecule has 0 aliphatic carbocycles. The van der Waals surface area contributed by atoms with Gasteiger partial charge in [-0.2, -0.15) is 18.4 Å². The number of hydrogen-bond acceptors (Lipinski definition) is 5. The van der Waals surface area contributed by atoms with Crippen molar-refractivity contribution in [1.82, 2.24) is 30.0 Å². The molecule has 0 radical (unpaired) electrons. The Morgan fingerprint density at radius 1 is 1.36 bits per heavy atom. The van der Waals surface area contributed by atoms with E-state index in [0.29, 0.717) is 0 Å². The van der Waals surface area contributed by atoms with E-state index in [1.807, 2.05) is 0 Å². The fourth-order valence-corrected chi connectivity index (χ4v) is 1.98. The summed E-state index contributed by atoms with van der Waals surface area (Å²) in [5, 5.41) is 14.8. The second-order valence-electron chi connectivity index (χ2n) is 4.38. The number of carbonyl (C=O) groups excluding carboxylic acids is 1. The number of amides is 1. The summed E-state index contributed by atoms with van der Waals surface area (Å²) in [6, 6.07) is 2.10. The van der Waals surface area contributed by atoms with Crippen molar-refractivity contribution in [2.24, 2.45) is 0 Å². The number of halogens is 3. The molecule has 0 saturated heterocycles. The number of rotatable bonds is 2. The summed E-state index contributed by atoms with van der Waals surface area (Å²) < 4.78 is 39.5. The SMILES string of the molecule is Cc1nc2ccc(C(F)(F)F)cn2c1C(=O)Nc1nn[nH]n1. The van der Waals surface area contributed by atoms with Gasteiger partial charge in [-0.25, -0.2) is 4.98 Å². The highest BCUT2D eigenvalue weighted by Gasteiger charge is 2.31. The lowest BCUT2D eigenvalue weighted by molar-refractivity contribution is -0.137. The van der Waals surface area contributed by atoms with Gasteiger partial charge in [-0.1, -0.05) is 5.10 Å². The largest absolute Gasteiger partial charge is 0.417 e. The maximum Gasteiger partial charge on any atom is 0.417 e. The molecule has 0 unspecified atom stereocenters. The molecule has 0 aromatic carbocycles. The predicted molar refractivity (Wildman–Crippen MR) is 67.1 cm³/mol. The number of aromatic nitrogens is 6. The van der Waals surface area contributed by atoms with E-state index in [4.69, 9.17) is 0 Å². The van der Waals surface area contributed by atoms with E-state index in [9.17, 15) is 18.0 Å². The summed E-state index contributed by atoms with van der Waals surface area (Å²) in [5.41, 5.74) is -0.416. The number of aryl methyl sites for hydroxylation is 1. The predicted octanol–water partition coefficient (Wildman–Crippen LogP) is 1.43. The summed E-state index contributed by atoms with van der Waals surface area (Å²) >= 11 is 0. The first kappa shape index (κ1) is 14.0. The van der Waals surface area contributed by atoms with E-state index in [2.05, 4.69) is 30.9 Å². The lowest BCUT2D eigenvalue weighted by Crippen LogP contribution is -2.17. The van der Waals surface area contributed by atoms with Gasteiger partial charge in [-0.15, -0.1) is 5.10 Å². The third kappa shape index (κ3) is 2.36. The van der Waals surface area contributed by atoms with E-state index in [0.717, 1.165) is 16.7 Å². The summed E-state index contributed by atoms with van der Waals surface area (Å²) in [4.78, 5) is 16.3.